The van der Waals surface area contributed by atoms with Crippen LogP contribution in [-0.4, -0.2) is 24.9 Å². The second-order valence-corrected chi connectivity index (χ2v) is 11.8. The van der Waals surface area contributed by atoms with Gasteiger partial charge >= 0.3 is 0 Å². The second kappa shape index (κ2) is 19.1. The molecule has 0 spiro atoms. The molecule has 0 saturated carbocycles. The van der Waals surface area contributed by atoms with E-state index in [1.54, 1.807) is 29.5 Å². The van der Waals surface area contributed by atoms with Crippen LogP contribution in [0.5, 0.6) is 11.5 Å². The zero-order valence-electron chi connectivity index (χ0n) is 25.8. The van der Waals surface area contributed by atoms with Crippen molar-refractivity contribution in [3.8, 4) is 11.5 Å². The van der Waals surface area contributed by atoms with E-state index in [4.69, 9.17) is 9.47 Å². The lowest BCUT2D eigenvalue weighted by atomic mass is 10.1. The first-order chi connectivity index (χ1) is 20.5. The number of thiazole rings is 1. The lowest BCUT2D eigenvalue weighted by Gasteiger charge is -2.16. The molecule has 0 radical (unpaired) electrons. The number of amides is 1. The fourth-order valence-electron chi connectivity index (χ4n) is 4.98. The summed E-state index contributed by atoms with van der Waals surface area (Å²) in [7, 11) is 0. The minimum Gasteiger partial charge on any atom is -0.489 e. The molecule has 1 N–H and O–H groups in total. The zero-order valence-corrected chi connectivity index (χ0v) is 26.6. The van der Waals surface area contributed by atoms with Crippen LogP contribution in [0.25, 0.3) is 0 Å². The number of nitrogens with zero attached hydrogens (tertiary/aromatic N) is 1. The summed E-state index contributed by atoms with van der Waals surface area (Å²) in [5.41, 5.74) is 5.48. The molecule has 1 aromatic heterocycles. The molecule has 0 fully saturated rings. The SMILES string of the molecule is CCCCCCCCCCCCCCOc1c(OCC(=O)Nc2ccccc2C[n+]2cscc2C)cccc1C(C)=O. The van der Waals surface area contributed by atoms with Crippen LogP contribution in [-0.2, 0) is 11.3 Å². The number of unbranched alkanes of at least 4 members (excludes halogenated alkanes) is 11. The second-order valence-electron chi connectivity index (χ2n) is 11.0. The molecule has 6 nitrogen and oxygen atoms in total. The number of carbonyl (C=O) groups is 2. The van der Waals surface area contributed by atoms with Crippen LogP contribution < -0.4 is 19.4 Å². The lowest BCUT2D eigenvalue weighted by molar-refractivity contribution is -0.689. The maximum atomic E-state index is 12.9. The van der Waals surface area contributed by atoms with E-state index in [1.165, 1.54) is 76.8 Å². The van der Waals surface area contributed by atoms with E-state index in [1.807, 2.05) is 24.3 Å². The summed E-state index contributed by atoms with van der Waals surface area (Å²) in [6, 6.07) is 13.0. The average molecular weight is 594 g/mol. The van der Waals surface area contributed by atoms with Gasteiger partial charge in [0.05, 0.1) is 23.2 Å². The Morgan fingerprint density at radius 1 is 0.833 bits per heavy atom. The van der Waals surface area contributed by atoms with Gasteiger partial charge in [0.2, 0.25) is 5.51 Å². The van der Waals surface area contributed by atoms with Gasteiger partial charge < -0.3 is 14.8 Å². The van der Waals surface area contributed by atoms with Crippen molar-refractivity contribution >= 4 is 28.7 Å². The lowest BCUT2D eigenvalue weighted by Crippen LogP contribution is -2.35. The summed E-state index contributed by atoms with van der Waals surface area (Å²) in [6.45, 7) is 6.85. The van der Waals surface area contributed by atoms with Crippen LogP contribution in [0.2, 0.25) is 0 Å². The van der Waals surface area contributed by atoms with Crippen molar-refractivity contribution in [2.75, 3.05) is 18.5 Å². The van der Waals surface area contributed by atoms with E-state index in [-0.39, 0.29) is 18.3 Å². The average Bonchev–Trinajstić information content (AvgIpc) is 3.39. The number of ketones is 1. The predicted molar refractivity (Wildman–Crippen MR) is 172 cm³/mol. The Bertz CT molecular complexity index is 1240. The molecule has 42 heavy (non-hydrogen) atoms. The van der Waals surface area contributed by atoms with Crippen molar-refractivity contribution in [3.63, 3.8) is 0 Å². The highest BCUT2D eigenvalue weighted by Crippen LogP contribution is 2.32. The van der Waals surface area contributed by atoms with Gasteiger partial charge in [0.15, 0.2) is 36.1 Å². The summed E-state index contributed by atoms with van der Waals surface area (Å²) in [5.74, 6) is 0.472. The van der Waals surface area contributed by atoms with Crippen LogP contribution in [0.15, 0.2) is 53.4 Å². The van der Waals surface area contributed by atoms with Crippen LogP contribution in [0, 0.1) is 6.92 Å². The van der Waals surface area contributed by atoms with Gasteiger partial charge in [-0.1, -0.05) is 113 Å². The molecular formula is C35H49N2O4S+. The Hall–Kier alpha value is -3.19. The number of aromatic nitrogens is 1. The molecule has 2 aromatic carbocycles. The topological polar surface area (TPSA) is 68.5 Å². The van der Waals surface area contributed by atoms with Crippen LogP contribution in [0.1, 0.15) is 113 Å². The van der Waals surface area contributed by atoms with Crippen LogP contribution >= 0.6 is 11.3 Å². The largest absolute Gasteiger partial charge is 0.489 e. The first-order valence-electron chi connectivity index (χ1n) is 15.7. The van der Waals surface area contributed by atoms with Gasteiger partial charge in [-0.05, 0) is 31.5 Å². The summed E-state index contributed by atoms with van der Waals surface area (Å²) in [4.78, 5) is 25.2. The molecule has 1 amide bonds. The van der Waals surface area contributed by atoms with E-state index in [0.717, 1.165) is 24.1 Å². The maximum Gasteiger partial charge on any atom is 0.262 e. The number of Topliss-reactive ketones (excluding diaryl/α,β-unsaturated/α-hetero) is 1. The Morgan fingerprint density at radius 3 is 2.14 bits per heavy atom. The molecule has 0 aliphatic carbocycles. The van der Waals surface area contributed by atoms with Gasteiger partial charge in [-0.15, -0.1) is 0 Å². The first kappa shape index (κ1) is 33.3. The number of carbonyl (C=O) groups excluding carboxylic acids is 2. The highest BCUT2D eigenvalue weighted by Gasteiger charge is 2.17. The van der Waals surface area contributed by atoms with Crippen molar-refractivity contribution in [1.82, 2.24) is 0 Å². The van der Waals surface area contributed by atoms with Gasteiger partial charge in [-0.25, -0.2) is 0 Å². The Labute approximate surface area is 256 Å². The van der Waals surface area contributed by atoms with Gasteiger partial charge in [0.1, 0.15) is 0 Å². The summed E-state index contributed by atoms with van der Waals surface area (Å²) >= 11 is 1.65. The monoisotopic (exact) mass is 593 g/mol. The highest BCUT2D eigenvalue weighted by molar-refractivity contribution is 7.07. The summed E-state index contributed by atoms with van der Waals surface area (Å²) in [5, 5.41) is 5.08. The number of anilines is 1. The number of aryl methyl sites for hydroxylation is 1. The van der Waals surface area contributed by atoms with Gasteiger partial charge in [-0.3, -0.25) is 9.59 Å². The van der Waals surface area contributed by atoms with Gasteiger partial charge in [-0.2, -0.15) is 4.57 Å². The van der Waals surface area contributed by atoms with Gasteiger partial charge in [0, 0.05) is 12.5 Å². The molecule has 0 aliphatic heterocycles. The number of hydrogen-bond acceptors (Lipinski definition) is 5. The Morgan fingerprint density at radius 2 is 1.50 bits per heavy atom. The van der Waals surface area contributed by atoms with Crippen molar-refractivity contribution in [2.45, 2.75) is 104 Å². The number of nitrogens with one attached hydrogen (secondary N) is 1. The predicted octanol–water partition coefficient (Wildman–Crippen LogP) is 8.69. The van der Waals surface area contributed by atoms with E-state index in [9.17, 15) is 9.59 Å². The number of benzene rings is 2. The molecule has 0 bridgehead atoms. The normalized spacial score (nSPS) is 10.9. The third kappa shape index (κ3) is 11.6. The standard InChI is InChI=1S/C35H48N2O4S/c1-4-5-6-7-8-9-10-11-12-13-14-17-23-40-35-31(29(3)38)20-18-22-33(35)41-25-34(39)36-32-21-16-15-19-30(32)24-37-27-42-26-28(37)2/h15-16,18-22,26-27H,4-14,17,23-25H2,1-3H3/p+1. The van der Waals surface area contributed by atoms with Crippen molar-refractivity contribution in [1.29, 1.82) is 0 Å². The zero-order chi connectivity index (χ0) is 30.0. The fraction of sp³-hybridized carbons (Fsp3) is 0.514. The number of hydrogen-bond donors (Lipinski definition) is 1. The first-order valence-corrected chi connectivity index (χ1v) is 16.6. The van der Waals surface area contributed by atoms with E-state index in [2.05, 4.69) is 34.6 Å². The number of ether oxygens (including phenoxy) is 2. The maximum absolute atomic E-state index is 12.9. The van der Waals surface area contributed by atoms with Crippen LogP contribution in [0.4, 0.5) is 5.69 Å². The molecule has 3 rings (SSSR count). The Balaban J connectivity index is 1.44. The van der Waals surface area contributed by atoms with E-state index < -0.39 is 0 Å². The third-order valence-electron chi connectivity index (χ3n) is 7.47. The minimum atomic E-state index is -0.269. The fourth-order valence-corrected chi connectivity index (χ4v) is 5.76. The molecule has 0 aliphatic rings. The molecule has 0 atom stereocenters. The molecule has 3 aromatic rings. The van der Waals surface area contributed by atoms with E-state index in [0.29, 0.717) is 30.2 Å². The quantitative estimate of drug-likeness (QED) is 0.0762. The minimum absolute atomic E-state index is 0.0928. The van der Waals surface area contributed by atoms with Crippen molar-refractivity contribution in [3.05, 3.63) is 70.2 Å². The summed E-state index contributed by atoms with van der Waals surface area (Å²) < 4.78 is 14.1. The third-order valence-corrected chi connectivity index (χ3v) is 8.33. The molecule has 1 heterocycles. The van der Waals surface area contributed by atoms with Crippen molar-refractivity contribution in [2.24, 2.45) is 0 Å². The molecule has 0 saturated heterocycles. The molecule has 7 heteroatoms. The molecule has 228 valence electrons. The van der Waals surface area contributed by atoms with Crippen molar-refractivity contribution < 1.29 is 23.6 Å². The number of para-hydroxylation sites is 2. The highest BCUT2D eigenvalue weighted by atomic mass is 32.1. The molecular weight excluding hydrogens is 544 g/mol. The number of rotatable bonds is 21. The van der Waals surface area contributed by atoms with Crippen LogP contribution in [0.3, 0.4) is 0 Å². The summed E-state index contributed by atoms with van der Waals surface area (Å²) in [6.07, 6.45) is 15.3. The van der Waals surface area contributed by atoms with Gasteiger partial charge in [0.25, 0.3) is 5.91 Å². The molecule has 0 unspecified atom stereocenters. The smallest absolute Gasteiger partial charge is 0.262 e. The Kier molecular flexibility index (Phi) is 15.1. The van der Waals surface area contributed by atoms with E-state index >= 15 is 0 Å².